The number of aliphatic hydroxyl groups excluding tert-OH is 2. The van der Waals surface area contributed by atoms with Gasteiger partial charge in [-0.25, -0.2) is 0 Å². The van der Waals surface area contributed by atoms with E-state index in [1.54, 1.807) is 24.5 Å². The molecule has 10 heteroatoms. The molecule has 2 fully saturated rings. The fourth-order valence-electron chi connectivity index (χ4n) is 7.96. The predicted octanol–water partition coefficient (Wildman–Crippen LogP) is 3.13. The SMILES string of the molecule is COC1OC(c2cccnc2)=CC2=C1[C@H](O)C1[C@@]3(C)CC[C@H](OC(C)=O)[C@@](C)(COC(C)=O)C3C[C@H](O)[C@@]1(C)O2. The number of nitrogens with zero attached hydrogens (tertiary/aromatic N) is 1. The highest BCUT2D eigenvalue weighted by Crippen LogP contribution is 2.66. The van der Waals surface area contributed by atoms with Crippen LogP contribution < -0.4 is 0 Å². The number of rotatable bonds is 5. The average molecular weight is 558 g/mol. The Morgan fingerprint density at radius 3 is 2.55 bits per heavy atom. The zero-order valence-corrected chi connectivity index (χ0v) is 23.9. The maximum Gasteiger partial charge on any atom is 0.302 e. The minimum Gasteiger partial charge on any atom is -0.484 e. The van der Waals surface area contributed by atoms with Crippen LogP contribution in [0.4, 0.5) is 0 Å². The molecule has 2 saturated carbocycles. The first-order valence-electron chi connectivity index (χ1n) is 13.8. The Labute approximate surface area is 234 Å². The van der Waals surface area contributed by atoms with E-state index < -0.39 is 58.9 Å². The van der Waals surface area contributed by atoms with Crippen molar-refractivity contribution in [1.82, 2.24) is 4.98 Å². The van der Waals surface area contributed by atoms with E-state index >= 15 is 0 Å². The molecule has 2 aliphatic carbocycles. The summed E-state index contributed by atoms with van der Waals surface area (Å²) in [5, 5.41) is 23.9. The Hall–Kier alpha value is -2.95. The number of allylic oxidation sites excluding steroid dienone is 1. The molecule has 9 atom stereocenters. The zero-order valence-electron chi connectivity index (χ0n) is 23.9. The lowest BCUT2D eigenvalue weighted by Crippen LogP contribution is -2.71. The summed E-state index contributed by atoms with van der Waals surface area (Å²) >= 11 is 0. The van der Waals surface area contributed by atoms with Gasteiger partial charge in [-0.2, -0.15) is 0 Å². The average Bonchev–Trinajstić information content (AvgIpc) is 2.90. The number of ether oxygens (including phenoxy) is 5. The van der Waals surface area contributed by atoms with E-state index in [0.29, 0.717) is 36.4 Å². The van der Waals surface area contributed by atoms with Crippen LogP contribution in [0.5, 0.6) is 0 Å². The molecule has 0 bridgehead atoms. The Bertz CT molecular complexity index is 1230. The molecule has 0 spiro atoms. The second-order valence-electron chi connectivity index (χ2n) is 12.2. The third-order valence-electron chi connectivity index (χ3n) is 9.78. The third-order valence-corrected chi connectivity index (χ3v) is 9.78. The number of carbonyl (C=O) groups is 2. The van der Waals surface area contributed by atoms with Gasteiger partial charge >= 0.3 is 11.9 Å². The second kappa shape index (κ2) is 10.2. The molecule has 1 aromatic heterocycles. The number of hydrogen-bond donors (Lipinski definition) is 2. The van der Waals surface area contributed by atoms with E-state index in [1.165, 1.54) is 21.0 Å². The van der Waals surface area contributed by atoms with Crippen LogP contribution in [-0.2, 0) is 33.3 Å². The standard InChI is InChI=1S/C30H39NO9/c1-16(32)37-15-29(4)21-13-22(34)30(5)26(28(21,3)10-9-23(29)38-17(2)33)25(35)24-20(40-30)12-19(39-27(24)36-6)18-8-7-11-31-14-18/h7-8,11-12,14,21-23,25-27,34-35H,9-10,13,15H2,1-6H3/t21?,22-,23-,25-,26?,27?,28-,29-,30+/m0/s1. The summed E-state index contributed by atoms with van der Waals surface area (Å²) in [6, 6.07) is 3.65. The largest absolute Gasteiger partial charge is 0.484 e. The van der Waals surface area contributed by atoms with Crippen LogP contribution in [0.15, 0.2) is 41.9 Å². The fourth-order valence-corrected chi connectivity index (χ4v) is 7.96. The van der Waals surface area contributed by atoms with Crippen molar-refractivity contribution in [3.63, 3.8) is 0 Å². The first-order valence-corrected chi connectivity index (χ1v) is 13.8. The fraction of sp³-hybridized carbons (Fsp3) is 0.633. The number of aromatic nitrogens is 1. The number of hydrogen-bond acceptors (Lipinski definition) is 10. The maximum absolute atomic E-state index is 12.1. The van der Waals surface area contributed by atoms with Crippen molar-refractivity contribution in [2.24, 2.45) is 22.7 Å². The van der Waals surface area contributed by atoms with Crippen LogP contribution in [0.3, 0.4) is 0 Å². The highest BCUT2D eigenvalue weighted by atomic mass is 16.7. The lowest BCUT2D eigenvalue weighted by atomic mass is 9.42. The lowest BCUT2D eigenvalue weighted by molar-refractivity contribution is -0.277. The Balaban J connectivity index is 1.59. The Morgan fingerprint density at radius 2 is 1.93 bits per heavy atom. The summed E-state index contributed by atoms with van der Waals surface area (Å²) in [6.07, 6.45) is 2.96. The molecule has 3 heterocycles. The number of fused-ring (bicyclic) bond motifs is 3. The molecule has 2 N–H and O–H groups in total. The predicted molar refractivity (Wildman–Crippen MR) is 142 cm³/mol. The molecule has 4 aliphatic rings. The van der Waals surface area contributed by atoms with Crippen LogP contribution in [0, 0.1) is 22.7 Å². The quantitative estimate of drug-likeness (QED) is 0.520. The highest BCUT2D eigenvalue weighted by molar-refractivity contribution is 5.67. The number of esters is 2. The molecule has 5 rings (SSSR count). The number of methoxy groups -OCH3 is 1. The molecular formula is C30H39NO9. The molecule has 0 aromatic carbocycles. The van der Waals surface area contributed by atoms with E-state index in [2.05, 4.69) is 11.9 Å². The van der Waals surface area contributed by atoms with E-state index in [1.807, 2.05) is 19.9 Å². The zero-order chi connectivity index (χ0) is 29.0. The minimum atomic E-state index is -1.15. The van der Waals surface area contributed by atoms with Crippen molar-refractivity contribution >= 4 is 17.7 Å². The van der Waals surface area contributed by atoms with Gasteiger partial charge in [0.25, 0.3) is 0 Å². The molecule has 0 saturated heterocycles. The minimum absolute atomic E-state index is 0.0165. The van der Waals surface area contributed by atoms with Gasteiger partial charge in [0.1, 0.15) is 29.8 Å². The van der Waals surface area contributed by atoms with Gasteiger partial charge < -0.3 is 33.9 Å². The smallest absolute Gasteiger partial charge is 0.302 e. The Morgan fingerprint density at radius 1 is 1.18 bits per heavy atom. The van der Waals surface area contributed by atoms with Gasteiger partial charge in [-0.1, -0.05) is 13.8 Å². The molecule has 3 unspecified atom stereocenters. The molecule has 2 aliphatic heterocycles. The van der Waals surface area contributed by atoms with E-state index in [-0.39, 0.29) is 12.5 Å². The summed E-state index contributed by atoms with van der Waals surface area (Å²) in [5.74, 6) is -0.822. The molecule has 0 amide bonds. The van der Waals surface area contributed by atoms with Crippen molar-refractivity contribution in [3.05, 3.63) is 47.5 Å². The van der Waals surface area contributed by atoms with Crippen molar-refractivity contribution < 1.29 is 43.5 Å². The summed E-state index contributed by atoms with van der Waals surface area (Å²) in [5.41, 5.74) is -1.37. The van der Waals surface area contributed by atoms with Gasteiger partial charge in [0, 0.05) is 56.3 Å². The topological polar surface area (TPSA) is 134 Å². The van der Waals surface area contributed by atoms with Gasteiger partial charge in [0.15, 0.2) is 0 Å². The summed E-state index contributed by atoms with van der Waals surface area (Å²) < 4.78 is 29.8. The van der Waals surface area contributed by atoms with Gasteiger partial charge in [-0.3, -0.25) is 14.6 Å². The number of carbonyl (C=O) groups excluding carboxylic acids is 2. The van der Waals surface area contributed by atoms with Gasteiger partial charge in [-0.15, -0.1) is 0 Å². The van der Waals surface area contributed by atoms with Crippen molar-refractivity contribution in [3.8, 4) is 0 Å². The maximum atomic E-state index is 12.1. The van der Waals surface area contributed by atoms with Crippen LogP contribution >= 0.6 is 0 Å². The van der Waals surface area contributed by atoms with E-state index in [9.17, 15) is 19.8 Å². The van der Waals surface area contributed by atoms with Gasteiger partial charge in [-0.05, 0) is 49.7 Å². The molecule has 0 radical (unpaired) electrons. The lowest BCUT2D eigenvalue weighted by Gasteiger charge is -2.66. The van der Waals surface area contributed by atoms with Gasteiger partial charge in [0.2, 0.25) is 6.29 Å². The van der Waals surface area contributed by atoms with Gasteiger partial charge in [0.05, 0.1) is 17.8 Å². The summed E-state index contributed by atoms with van der Waals surface area (Å²) in [7, 11) is 1.50. The molecule has 218 valence electrons. The summed E-state index contributed by atoms with van der Waals surface area (Å²) in [4.78, 5) is 28.1. The van der Waals surface area contributed by atoms with E-state index in [4.69, 9.17) is 23.7 Å². The first kappa shape index (κ1) is 28.6. The normalized spacial score (nSPS) is 40.4. The summed E-state index contributed by atoms with van der Waals surface area (Å²) in [6.45, 7) is 8.58. The van der Waals surface area contributed by atoms with Crippen LogP contribution in [-0.4, -0.2) is 71.1 Å². The monoisotopic (exact) mass is 557 g/mol. The van der Waals surface area contributed by atoms with Crippen LogP contribution in [0.1, 0.15) is 59.4 Å². The van der Waals surface area contributed by atoms with Crippen LogP contribution in [0.2, 0.25) is 0 Å². The Kier molecular flexibility index (Phi) is 7.25. The molecule has 1 aromatic rings. The molecule has 40 heavy (non-hydrogen) atoms. The van der Waals surface area contributed by atoms with Crippen molar-refractivity contribution in [1.29, 1.82) is 0 Å². The molecule has 10 nitrogen and oxygen atoms in total. The number of pyridine rings is 1. The first-order chi connectivity index (χ1) is 18.8. The molecular weight excluding hydrogens is 518 g/mol. The van der Waals surface area contributed by atoms with Crippen molar-refractivity contribution in [2.75, 3.05) is 13.7 Å². The van der Waals surface area contributed by atoms with Crippen molar-refractivity contribution in [2.45, 2.75) is 84.1 Å². The second-order valence-corrected chi connectivity index (χ2v) is 12.2. The third kappa shape index (κ3) is 4.40. The van der Waals surface area contributed by atoms with Crippen LogP contribution in [0.25, 0.3) is 5.76 Å². The number of aliphatic hydroxyl groups is 2. The highest BCUT2D eigenvalue weighted by Gasteiger charge is 2.70. The van der Waals surface area contributed by atoms with E-state index in [0.717, 1.165) is 5.56 Å².